The third kappa shape index (κ3) is 3.29. The van der Waals surface area contributed by atoms with Crippen LogP contribution in [0.1, 0.15) is 43.0 Å². The van der Waals surface area contributed by atoms with Gasteiger partial charge in [0.05, 0.1) is 12.5 Å². The molecule has 1 saturated carbocycles. The lowest BCUT2D eigenvalue weighted by atomic mass is 9.65. The van der Waals surface area contributed by atoms with Crippen molar-refractivity contribution >= 4 is 11.8 Å². The second-order valence-electron chi connectivity index (χ2n) is 9.62. The van der Waals surface area contributed by atoms with Crippen LogP contribution in [0.25, 0.3) is 0 Å². The number of carbonyl (C=O) groups excluding carboxylic acids is 2. The van der Waals surface area contributed by atoms with Crippen LogP contribution in [0.5, 0.6) is 5.75 Å². The van der Waals surface area contributed by atoms with Crippen LogP contribution in [0, 0.1) is 16.7 Å². The summed E-state index contributed by atoms with van der Waals surface area (Å²) in [6.45, 7) is 6.63. The number of methoxy groups -OCH3 is 1. The number of fused-ring (bicyclic) bond motifs is 2. The molecule has 1 spiro atoms. The Kier molecular flexibility index (Phi) is 5.56. The Morgan fingerprint density at radius 2 is 1.90 bits per heavy atom. The molecule has 164 valence electrons. The van der Waals surface area contributed by atoms with Crippen LogP contribution in [0.3, 0.4) is 0 Å². The minimum absolute atomic E-state index is 0.0824. The smallest absolute Gasteiger partial charge is 0.253 e. The topological polar surface area (TPSA) is 53.1 Å². The fourth-order valence-electron chi connectivity index (χ4n) is 6.39. The summed E-state index contributed by atoms with van der Waals surface area (Å²) in [7, 11) is 5.41. The Bertz CT molecular complexity index is 816. The monoisotopic (exact) mass is 413 g/mol. The van der Waals surface area contributed by atoms with Crippen LogP contribution < -0.4 is 4.74 Å². The van der Waals surface area contributed by atoms with Crippen molar-refractivity contribution in [2.75, 3.05) is 53.9 Å². The molecule has 3 fully saturated rings. The Morgan fingerprint density at radius 1 is 1.17 bits per heavy atom. The third-order valence-electron chi connectivity index (χ3n) is 8.06. The van der Waals surface area contributed by atoms with Crippen molar-refractivity contribution in [1.29, 1.82) is 0 Å². The summed E-state index contributed by atoms with van der Waals surface area (Å²) in [4.78, 5) is 32.6. The van der Waals surface area contributed by atoms with Crippen LogP contribution in [0.4, 0.5) is 0 Å². The van der Waals surface area contributed by atoms with Crippen LogP contribution in [-0.2, 0) is 4.79 Å². The van der Waals surface area contributed by atoms with Crippen molar-refractivity contribution < 1.29 is 14.3 Å². The first-order valence-electron chi connectivity index (χ1n) is 11.2. The highest BCUT2D eigenvalue weighted by Crippen LogP contribution is 2.62. The normalized spacial score (nSPS) is 27.9. The summed E-state index contributed by atoms with van der Waals surface area (Å²) in [6.07, 6.45) is 4.08. The molecule has 2 heterocycles. The van der Waals surface area contributed by atoms with Gasteiger partial charge in [-0.3, -0.25) is 9.59 Å². The van der Waals surface area contributed by atoms with Crippen molar-refractivity contribution in [3.63, 3.8) is 0 Å². The Morgan fingerprint density at radius 3 is 2.53 bits per heavy atom. The minimum atomic E-state index is -0.238. The van der Waals surface area contributed by atoms with Gasteiger partial charge in [-0.2, -0.15) is 0 Å². The first-order valence-corrected chi connectivity index (χ1v) is 11.2. The van der Waals surface area contributed by atoms with Crippen molar-refractivity contribution in [1.82, 2.24) is 14.7 Å². The van der Waals surface area contributed by atoms with Crippen molar-refractivity contribution in [3.05, 3.63) is 29.8 Å². The summed E-state index contributed by atoms with van der Waals surface area (Å²) in [5, 5.41) is 0. The van der Waals surface area contributed by atoms with Gasteiger partial charge in [0.2, 0.25) is 5.91 Å². The molecule has 6 heteroatoms. The van der Waals surface area contributed by atoms with Gasteiger partial charge in [0.25, 0.3) is 5.91 Å². The quantitative estimate of drug-likeness (QED) is 0.762. The number of amides is 2. The number of nitrogens with zero attached hydrogens (tertiary/aromatic N) is 3. The molecule has 3 aliphatic rings. The molecule has 0 N–H and O–H groups in total. The molecule has 30 heavy (non-hydrogen) atoms. The average Bonchev–Trinajstić information content (AvgIpc) is 3.30. The number of rotatable bonds is 4. The van der Waals surface area contributed by atoms with E-state index in [9.17, 15) is 9.59 Å². The summed E-state index contributed by atoms with van der Waals surface area (Å²) in [5.41, 5.74) is 0.631. The van der Waals surface area contributed by atoms with Crippen molar-refractivity contribution in [3.8, 4) is 5.75 Å². The van der Waals surface area contributed by atoms with E-state index in [2.05, 4.69) is 11.8 Å². The SMILES string of the molecule is CCN1C[C@@H]2C3(CCN(C(=O)c4cccc(OC)c4)CC3)CC[C@]2(C(=O)N(C)C)C1. The molecule has 0 radical (unpaired) electrons. The maximum atomic E-state index is 13.3. The zero-order valence-corrected chi connectivity index (χ0v) is 18.8. The summed E-state index contributed by atoms with van der Waals surface area (Å²) in [6, 6.07) is 7.41. The Labute approximate surface area is 180 Å². The zero-order valence-electron chi connectivity index (χ0n) is 18.8. The molecule has 1 aliphatic carbocycles. The van der Waals surface area contributed by atoms with Crippen LogP contribution >= 0.6 is 0 Å². The van der Waals surface area contributed by atoms with Crippen LogP contribution in [0.15, 0.2) is 24.3 Å². The first-order chi connectivity index (χ1) is 14.3. The summed E-state index contributed by atoms with van der Waals surface area (Å²) in [5.74, 6) is 1.49. The van der Waals surface area contributed by atoms with Gasteiger partial charge in [0.15, 0.2) is 0 Å². The van der Waals surface area contributed by atoms with E-state index in [1.165, 1.54) is 0 Å². The van der Waals surface area contributed by atoms with Gasteiger partial charge in [0.1, 0.15) is 5.75 Å². The van der Waals surface area contributed by atoms with Crippen LogP contribution in [-0.4, -0.2) is 80.4 Å². The molecule has 0 bridgehead atoms. The molecule has 2 amide bonds. The highest BCUT2D eigenvalue weighted by Gasteiger charge is 2.64. The number of carbonyl (C=O) groups is 2. The lowest BCUT2D eigenvalue weighted by molar-refractivity contribution is -0.141. The Balaban J connectivity index is 1.51. The number of hydrogen-bond acceptors (Lipinski definition) is 4. The predicted molar refractivity (Wildman–Crippen MR) is 117 cm³/mol. The summed E-state index contributed by atoms with van der Waals surface area (Å²) < 4.78 is 5.28. The van der Waals surface area contributed by atoms with E-state index >= 15 is 0 Å². The van der Waals surface area contributed by atoms with E-state index < -0.39 is 0 Å². The summed E-state index contributed by atoms with van der Waals surface area (Å²) >= 11 is 0. The average molecular weight is 414 g/mol. The predicted octanol–water partition coefficient (Wildman–Crippen LogP) is 2.74. The minimum Gasteiger partial charge on any atom is -0.497 e. The fraction of sp³-hybridized carbons (Fsp3) is 0.667. The van der Waals surface area contributed by atoms with Gasteiger partial charge in [0, 0.05) is 45.8 Å². The maximum Gasteiger partial charge on any atom is 0.253 e. The van der Waals surface area contributed by atoms with Crippen molar-refractivity contribution in [2.45, 2.75) is 32.6 Å². The van der Waals surface area contributed by atoms with E-state index in [4.69, 9.17) is 4.74 Å². The fourth-order valence-corrected chi connectivity index (χ4v) is 6.39. The standard InChI is InChI=1S/C24H35N3O3/c1-5-26-16-20-23(9-10-24(20,17-26)22(29)25(2)3)11-13-27(14-12-23)21(28)18-7-6-8-19(15-18)30-4/h6-8,15,20H,5,9-14,16-17H2,1-4H3/t20-,24+/m1/s1. The van der Waals surface area contributed by atoms with Crippen molar-refractivity contribution in [2.24, 2.45) is 16.7 Å². The van der Waals surface area contributed by atoms with Gasteiger partial charge in [-0.05, 0) is 61.8 Å². The molecule has 4 rings (SSSR count). The van der Waals surface area contributed by atoms with E-state index in [1.807, 2.05) is 43.3 Å². The lowest BCUT2D eigenvalue weighted by Crippen LogP contribution is -2.49. The van der Waals surface area contributed by atoms with Crippen LogP contribution in [0.2, 0.25) is 0 Å². The molecule has 2 saturated heterocycles. The number of benzene rings is 1. The largest absolute Gasteiger partial charge is 0.497 e. The van der Waals surface area contributed by atoms with Gasteiger partial charge in [-0.25, -0.2) is 0 Å². The molecule has 6 nitrogen and oxygen atoms in total. The number of hydrogen-bond donors (Lipinski definition) is 0. The molecule has 1 aromatic carbocycles. The highest BCUT2D eigenvalue weighted by molar-refractivity contribution is 5.94. The Hall–Kier alpha value is -2.08. The number of piperidine rings is 1. The van der Waals surface area contributed by atoms with Gasteiger partial charge < -0.3 is 19.4 Å². The molecule has 0 aromatic heterocycles. The second-order valence-corrected chi connectivity index (χ2v) is 9.62. The maximum absolute atomic E-state index is 13.3. The molecule has 2 atom stereocenters. The van der Waals surface area contributed by atoms with E-state index in [1.54, 1.807) is 12.0 Å². The molecule has 2 aliphatic heterocycles. The second kappa shape index (κ2) is 7.88. The van der Waals surface area contributed by atoms with Gasteiger partial charge in [-0.1, -0.05) is 13.0 Å². The first kappa shape index (κ1) is 21.2. The van der Waals surface area contributed by atoms with E-state index in [0.717, 1.165) is 58.4 Å². The molecular formula is C24H35N3O3. The molecular weight excluding hydrogens is 378 g/mol. The third-order valence-corrected chi connectivity index (χ3v) is 8.06. The number of likely N-dealkylation sites (tertiary alicyclic amines) is 2. The van der Waals surface area contributed by atoms with Gasteiger partial charge >= 0.3 is 0 Å². The molecule has 1 aromatic rings. The van der Waals surface area contributed by atoms with E-state index in [0.29, 0.717) is 23.1 Å². The van der Waals surface area contributed by atoms with E-state index in [-0.39, 0.29) is 16.7 Å². The number of ether oxygens (including phenoxy) is 1. The molecule has 0 unspecified atom stereocenters. The lowest BCUT2D eigenvalue weighted by Gasteiger charge is -2.44. The zero-order chi connectivity index (χ0) is 21.5. The highest BCUT2D eigenvalue weighted by atomic mass is 16.5. The van der Waals surface area contributed by atoms with Gasteiger partial charge in [-0.15, -0.1) is 0 Å².